The SMILES string of the molecule is O=C(NCCN1CCC(CCc2ccccc2)CC1)c1ccc2nc[nH]c2c1. The molecule has 5 nitrogen and oxygen atoms in total. The van der Waals surface area contributed by atoms with Crippen LogP contribution >= 0.6 is 0 Å². The molecular weight excluding hydrogens is 348 g/mol. The van der Waals surface area contributed by atoms with Gasteiger partial charge in [-0.15, -0.1) is 0 Å². The van der Waals surface area contributed by atoms with E-state index in [4.69, 9.17) is 0 Å². The minimum Gasteiger partial charge on any atom is -0.351 e. The standard InChI is InChI=1S/C23H28N4O/c28-23(20-8-9-21-22(16-20)26-17-25-21)24-12-15-27-13-10-19(11-14-27)7-6-18-4-2-1-3-5-18/h1-5,8-9,16-17,19H,6-7,10-15H2,(H,24,28)(H,25,26). The summed E-state index contributed by atoms with van der Waals surface area (Å²) in [5, 5.41) is 3.05. The molecule has 2 N–H and O–H groups in total. The highest BCUT2D eigenvalue weighted by Crippen LogP contribution is 2.22. The van der Waals surface area contributed by atoms with E-state index in [9.17, 15) is 4.79 Å². The molecule has 2 aromatic carbocycles. The normalized spacial score (nSPS) is 15.7. The van der Waals surface area contributed by atoms with Gasteiger partial charge in [0.25, 0.3) is 5.91 Å². The van der Waals surface area contributed by atoms with E-state index in [-0.39, 0.29) is 5.91 Å². The van der Waals surface area contributed by atoms with Crippen LogP contribution in [0.5, 0.6) is 0 Å². The number of benzene rings is 2. The summed E-state index contributed by atoms with van der Waals surface area (Å²) in [4.78, 5) is 22.1. The van der Waals surface area contributed by atoms with Gasteiger partial charge in [-0.05, 0) is 68.5 Å². The lowest BCUT2D eigenvalue weighted by atomic mass is 9.90. The van der Waals surface area contributed by atoms with Crippen LogP contribution in [0.2, 0.25) is 0 Å². The number of piperidine rings is 1. The molecule has 0 spiro atoms. The van der Waals surface area contributed by atoms with Crippen LogP contribution in [0.3, 0.4) is 0 Å². The highest BCUT2D eigenvalue weighted by atomic mass is 16.1. The summed E-state index contributed by atoms with van der Waals surface area (Å²) in [6, 6.07) is 16.3. The fourth-order valence-electron chi connectivity index (χ4n) is 4.02. The molecule has 1 aromatic heterocycles. The largest absolute Gasteiger partial charge is 0.351 e. The van der Waals surface area contributed by atoms with Crippen LogP contribution in [0.4, 0.5) is 0 Å². The van der Waals surface area contributed by atoms with Crippen LogP contribution in [0, 0.1) is 5.92 Å². The lowest BCUT2D eigenvalue weighted by molar-refractivity contribution is 0.0943. The highest BCUT2D eigenvalue weighted by Gasteiger charge is 2.19. The monoisotopic (exact) mass is 376 g/mol. The second-order valence-electron chi connectivity index (χ2n) is 7.70. The molecule has 0 aliphatic carbocycles. The number of fused-ring (bicyclic) bond motifs is 1. The molecule has 146 valence electrons. The molecular formula is C23H28N4O. The molecule has 0 atom stereocenters. The van der Waals surface area contributed by atoms with E-state index in [1.807, 2.05) is 18.2 Å². The van der Waals surface area contributed by atoms with Gasteiger partial charge in [0.2, 0.25) is 0 Å². The van der Waals surface area contributed by atoms with E-state index in [1.165, 1.54) is 31.2 Å². The van der Waals surface area contributed by atoms with Crippen LogP contribution in [0.1, 0.15) is 35.2 Å². The van der Waals surface area contributed by atoms with Crippen LogP contribution in [0.25, 0.3) is 11.0 Å². The van der Waals surface area contributed by atoms with Gasteiger partial charge in [-0.25, -0.2) is 4.98 Å². The molecule has 5 heteroatoms. The average Bonchev–Trinajstić information content (AvgIpc) is 3.22. The second-order valence-corrected chi connectivity index (χ2v) is 7.70. The summed E-state index contributed by atoms with van der Waals surface area (Å²) >= 11 is 0. The Balaban J connectivity index is 1.15. The van der Waals surface area contributed by atoms with Gasteiger partial charge in [0.15, 0.2) is 0 Å². The number of hydrogen-bond donors (Lipinski definition) is 2. The molecule has 0 radical (unpaired) electrons. The summed E-state index contributed by atoms with van der Waals surface area (Å²) in [6.07, 6.45) is 6.64. The third-order valence-electron chi connectivity index (χ3n) is 5.79. The molecule has 1 aliphatic rings. The van der Waals surface area contributed by atoms with E-state index in [1.54, 1.807) is 6.33 Å². The van der Waals surface area contributed by atoms with Gasteiger partial charge in [-0.1, -0.05) is 30.3 Å². The minimum atomic E-state index is -0.0192. The quantitative estimate of drug-likeness (QED) is 0.662. The molecule has 0 unspecified atom stereocenters. The van der Waals surface area contributed by atoms with Gasteiger partial charge in [0.1, 0.15) is 0 Å². The van der Waals surface area contributed by atoms with Crippen molar-refractivity contribution in [3.05, 3.63) is 66.0 Å². The van der Waals surface area contributed by atoms with Crippen molar-refractivity contribution in [1.82, 2.24) is 20.2 Å². The predicted octanol–water partition coefficient (Wildman–Crippen LogP) is 3.64. The summed E-state index contributed by atoms with van der Waals surface area (Å²) in [7, 11) is 0. The number of H-pyrrole nitrogens is 1. The van der Waals surface area contributed by atoms with Crippen LogP contribution < -0.4 is 5.32 Å². The fourth-order valence-corrected chi connectivity index (χ4v) is 4.02. The number of nitrogens with one attached hydrogen (secondary N) is 2. The maximum absolute atomic E-state index is 12.4. The molecule has 2 heterocycles. The van der Waals surface area contributed by atoms with Crippen molar-refractivity contribution in [3.8, 4) is 0 Å². The number of rotatable bonds is 7. The number of amides is 1. The second kappa shape index (κ2) is 9.02. The smallest absolute Gasteiger partial charge is 0.251 e. The van der Waals surface area contributed by atoms with Gasteiger partial charge < -0.3 is 15.2 Å². The van der Waals surface area contributed by atoms with Crippen molar-refractivity contribution in [2.24, 2.45) is 5.92 Å². The summed E-state index contributed by atoms with van der Waals surface area (Å²) in [5.74, 6) is 0.807. The van der Waals surface area contributed by atoms with Crippen LogP contribution in [-0.4, -0.2) is 47.0 Å². The molecule has 0 bridgehead atoms. The third kappa shape index (κ3) is 4.78. The number of aromatic nitrogens is 2. The fraction of sp³-hybridized carbons (Fsp3) is 0.391. The Hall–Kier alpha value is -2.66. The lowest BCUT2D eigenvalue weighted by Gasteiger charge is -2.32. The van der Waals surface area contributed by atoms with Crippen molar-refractivity contribution in [3.63, 3.8) is 0 Å². The molecule has 1 fully saturated rings. The van der Waals surface area contributed by atoms with Crippen molar-refractivity contribution in [2.75, 3.05) is 26.2 Å². The van der Waals surface area contributed by atoms with Gasteiger partial charge in [0.05, 0.1) is 17.4 Å². The van der Waals surface area contributed by atoms with Gasteiger partial charge in [-0.2, -0.15) is 0 Å². The van der Waals surface area contributed by atoms with Crippen molar-refractivity contribution in [2.45, 2.75) is 25.7 Å². The van der Waals surface area contributed by atoms with Crippen molar-refractivity contribution >= 4 is 16.9 Å². The number of hydrogen-bond acceptors (Lipinski definition) is 3. The first-order valence-corrected chi connectivity index (χ1v) is 10.3. The van der Waals surface area contributed by atoms with Crippen molar-refractivity contribution in [1.29, 1.82) is 0 Å². The Morgan fingerprint density at radius 3 is 2.79 bits per heavy atom. The van der Waals surface area contributed by atoms with Crippen LogP contribution in [-0.2, 0) is 6.42 Å². The summed E-state index contributed by atoms with van der Waals surface area (Å²) in [6.45, 7) is 3.88. The maximum Gasteiger partial charge on any atom is 0.251 e. The van der Waals surface area contributed by atoms with Gasteiger partial charge in [-0.3, -0.25) is 4.79 Å². The predicted molar refractivity (Wildman–Crippen MR) is 112 cm³/mol. The molecule has 1 amide bonds. The minimum absolute atomic E-state index is 0.0192. The zero-order valence-electron chi connectivity index (χ0n) is 16.2. The highest BCUT2D eigenvalue weighted by molar-refractivity contribution is 5.97. The molecule has 1 aliphatic heterocycles. The van der Waals surface area contributed by atoms with Gasteiger partial charge in [0, 0.05) is 18.7 Å². The number of carbonyl (C=O) groups is 1. The van der Waals surface area contributed by atoms with E-state index >= 15 is 0 Å². The van der Waals surface area contributed by atoms with Crippen LogP contribution in [0.15, 0.2) is 54.9 Å². The Kier molecular flexibility index (Phi) is 6.02. The van der Waals surface area contributed by atoms with E-state index < -0.39 is 0 Å². The molecule has 28 heavy (non-hydrogen) atoms. The average molecular weight is 377 g/mol. The number of nitrogens with zero attached hydrogens (tertiary/aromatic N) is 2. The Bertz CT molecular complexity index is 897. The first kappa shape index (κ1) is 18.7. The summed E-state index contributed by atoms with van der Waals surface area (Å²) < 4.78 is 0. The van der Waals surface area contributed by atoms with E-state index in [2.05, 4.69) is 50.5 Å². The number of aryl methyl sites for hydroxylation is 1. The van der Waals surface area contributed by atoms with Gasteiger partial charge >= 0.3 is 0 Å². The molecule has 0 saturated carbocycles. The first-order chi connectivity index (χ1) is 13.8. The number of aromatic amines is 1. The van der Waals surface area contributed by atoms with E-state index in [0.29, 0.717) is 12.1 Å². The molecule has 3 aromatic rings. The molecule has 4 rings (SSSR count). The zero-order valence-corrected chi connectivity index (χ0v) is 16.2. The maximum atomic E-state index is 12.4. The third-order valence-corrected chi connectivity index (χ3v) is 5.79. The lowest BCUT2D eigenvalue weighted by Crippen LogP contribution is -2.39. The Morgan fingerprint density at radius 1 is 1.14 bits per heavy atom. The Morgan fingerprint density at radius 2 is 1.96 bits per heavy atom. The zero-order chi connectivity index (χ0) is 19.2. The molecule has 1 saturated heterocycles. The van der Waals surface area contributed by atoms with Crippen molar-refractivity contribution < 1.29 is 4.79 Å². The summed E-state index contributed by atoms with van der Waals surface area (Å²) in [5.41, 5.74) is 3.90. The number of carbonyl (C=O) groups excluding carboxylic acids is 1. The van der Waals surface area contributed by atoms with E-state index in [0.717, 1.165) is 36.6 Å². The topological polar surface area (TPSA) is 61.0 Å². The Labute approximate surface area is 166 Å². The number of imidazole rings is 1. The first-order valence-electron chi connectivity index (χ1n) is 10.3. The number of likely N-dealkylation sites (tertiary alicyclic amines) is 1.